The molecule has 2 aliphatic rings. The summed E-state index contributed by atoms with van der Waals surface area (Å²) in [4.78, 5) is 36.4. The molecule has 5 rings (SSSR count). The van der Waals surface area contributed by atoms with Crippen LogP contribution in [-0.2, 0) is 13.6 Å². The minimum atomic E-state index is -0.126. The van der Waals surface area contributed by atoms with E-state index < -0.39 is 0 Å². The summed E-state index contributed by atoms with van der Waals surface area (Å²) in [5.41, 5.74) is 4.40. The lowest BCUT2D eigenvalue weighted by Crippen LogP contribution is -2.55. The SMILES string of the molecule is C.CC1CN(C(=O)c2ccc(Nc3ncc4c(n3)-c3ccn(C)c3C(=O)NC4)cc2)CC(C)N1. The maximum absolute atomic E-state index is 12.9. The van der Waals surface area contributed by atoms with Crippen LogP contribution in [0.2, 0.25) is 0 Å². The molecule has 3 aromatic rings. The van der Waals surface area contributed by atoms with Crippen molar-refractivity contribution < 1.29 is 9.59 Å². The second-order valence-electron chi connectivity index (χ2n) is 8.82. The maximum Gasteiger partial charge on any atom is 0.268 e. The monoisotopic (exact) mass is 461 g/mol. The van der Waals surface area contributed by atoms with E-state index in [2.05, 4.69) is 34.8 Å². The van der Waals surface area contributed by atoms with E-state index in [0.29, 0.717) is 36.8 Å². The quantitative estimate of drug-likeness (QED) is 0.554. The van der Waals surface area contributed by atoms with Gasteiger partial charge in [0.25, 0.3) is 11.8 Å². The molecule has 0 bridgehead atoms. The number of nitrogens with zero attached hydrogens (tertiary/aromatic N) is 4. The molecule has 1 fully saturated rings. The van der Waals surface area contributed by atoms with Gasteiger partial charge in [0, 0.05) is 73.5 Å². The average Bonchev–Trinajstić information content (AvgIpc) is 3.12. The molecule has 0 saturated carbocycles. The molecule has 2 amide bonds. The Labute approximate surface area is 199 Å². The Balaban J connectivity index is 0.00000274. The van der Waals surface area contributed by atoms with Crippen molar-refractivity contribution in [1.29, 1.82) is 0 Å². The largest absolute Gasteiger partial charge is 0.347 e. The molecular formula is C25H31N7O2. The number of rotatable bonds is 3. The molecule has 1 aromatic carbocycles. The number of benzene rings is 1. The number of carbonyl (C=O) groups is 2. The van der Waals surface area contributed by atoms with E-state index in [-0.39, 0.29) is 31.3 Å². The Morgan fingerprint density at radius 3 is 2.53 bits per heavy atom. The lowest BCUT2D eigenvalue weighted by molar-refractivity contribution is 0.0673. The lowest BCUT2D eigenvalue weighted by Gasteiger charge is -2.36. The fraction of sp³-hybridized carbons (Fsp3) is 0.360. The molecule has 178 valence electrons. The summed E-state index contributed by atoms with van der Waals surface area (Å²) in [6, 6.07) is 9.81. The van der Waals surface area contributed by atoms with E-state index in [1.165, 1.54) is 0 Å². The number of hydrogen-bond acceptors (Lipinski definition) is 6. The third-order valence-electron chi connectivity index (χ3n) is 6.08. The highest BCUT2D eigenvalue weighted by molar-refractivity contribution is 6.00. The molecule has 3 N–H and O–H groups in total. The Kier molecular flexibility index (Phi) is 6.39. The van der Waals surface area contributed by atoms with Gasteiger partial charge in [0.2, 0.25) is 5.95 Å². The first-order valence-electron chi connectivity index (χ1n) is 11.1. The normalized spacial score (nSPS) is 19.3. The number of carbonyl (C=O) groups excluding carboxylic acids is 2. The second kappa shape index (κ2) is 9.26. The molecule has 2 aromatic heterocycles. The smallest absolute Gasteiger partial charge is 0.268 e. The van der Waals surface area contributed by atoms with Crippen LogP contribution >= 0.6 is 0 Å². The predicted molar refractivity (Wildman–Crippen MR) is 132 cm³/mol. The van der Waals surface area contributed by atoms with Gasteiger partial charge in [0.1, 0.15) is 5.69 Å². The zero-order valence-corrected chi connectivity index (χ0v) is 18.9. The first-order chi connectivity index (χ1) is 15.9. The van der Waals surface area contributed by atoms with E-state index in [0.717, 1.165) is 22.5 Å². The Morgan fingerprint density at radius 1 is 1.12 bits per heavy atom. The summed E-state index contributed by atoms with van der Waals surface area (Å²) in [6.45, 7) is 5.96. The number of hydrogen-bond donors (Lipinski definition) is 3. The Hall–Kier alpha value is -3.72. The molecular weight excluding hydrogens is 430 g/mol. The molecule has 2 atom stereocenters. The molecule has 34 heavy (non-hydrogen) atoms. The van der Waals surface area contributed by atoms with Crippen LogP contribution in [0.5, 0.6) is 0 Å². The first-order valence-corrected chi connectivity index (χ1v) is 11.1. The van der Waals surface area contributed by atoms with E-state index in [1.54, 1.807) is 10.8 Å². The summed E-state index contributed by atoms with van der Waals surface area (Å²) in [5.74, 6) is 0.345. The van der Waals surface area contributed by atoms with Gasteiger partial charge in [-0.2, -0.15) is 0 Å². The number of piperazine rings is 1. The van der Waals surface area contributed by atoms with Crippen molar-refractivity contribution >= 4 is 23.5 Å². The van der Waals surface area contributed by atoms with Crippen molar-refractivity contribution in [2.24, 2.45) is 7.05 Å². The fourth-order valence-corrected chi connectivity index (χ4v) is 4.59. The van der Waals surface area contributed by atoms with Gasteiger partial charge >= 0.3 is 0 Å². The van der Waals surface area contributed by atoms with Crippen molar-refractivity contribution in [3.05, 3.63) is 59.5 Å². The fourth-order valence-electron chi connectivity index (χ4n) is 4.59. The highest BCUT2D eigenvalue weighted by Crippen LogP contribution is 2.29. The van der Waals surface area contributed by atoms with Gasteiger partial charge in [-0.25, -0.2) is 9.97 Å². The van der Waals surface area contributed by atoms with Crippen LogP contribution < -0.4 is 16.0 Å². The molecule has 9 heteroatoms. The summed E-state index contributed by atoms with van der Waals surface area (Å²) < 4.78 is 1.80. The molecule has 4 heterocycles. The summed E-state index contributed by atoms with van der Waals surface area (Å²) >= 11 is 0. The van der Waals surface area contributed by atoms with E-state index in [4.69, 9.17) is 4.98 Å². The number of aryl methyl sites for hydroxylation is 1. The van der Waals surface area contributed by atoms with Gasteiger partial charge in [0.15, 0.2) is 0 Å². The molecule has 9 nitrogen and oxygen atoms in total. The highest BCUT2D eigenvalue weighted by atomic mass is 16.2. The van der Waals surface area contributed by atoms with Crippen molar-refractivity contribution in [3.63, 3.8) is 0 Å². The number of nitrogens with one attached hydrogen (secondary N) is 3. The molecule has 2 unspecified atom stereocenters. The first kappa shape index (κ1) is 23.4. The maximum atomic E-state index is 12.9. The van der Waals surface area contributed by atoms with Crippen LogP contribution in [0.4, 0.5) is 11.6 Å². The van der Waals surface area contributed by atoms with Gasteiger partial charge in [0.05, 0.1) is 5.69 Å². The van der Waals surface area contributed by atoms with Crippen molar-refractivity contribution in [3.8, 4) is 11.3 Å². The van der Waals surface area contributed by atoms with Crippen LogP contribution in [-0.4, -0.2) is 56.4 Å². The molecule has 1 saturated heterocycles. The second-order valence-corrected chi connectivity index (χ2v) is 8.82. The third-order valence-corrected chi connectivity index (χ3v) is 6.08. The summed E-state index contributed by atoms with van der Waals surface area (Å²) in [7, 11) is 1.84. The standard InChI is InChI=1S/C24H27N7O2.CH4/c1-14-12-31(13-15(2)27-14)23(33)16-4-6-18(7-5-16)28-24-26-11-17-10-25-22(32)21-19(20(17)29-24)8-9-30(21)3;/h4-9,11,14-15,27H,10,12-13H2,1-3H3,(H,25,32)(H,26,28,29);1H4. The average molecular weight is 462 g/mol. The van der Waals surface area contributed by atoms with E-state index in [9.17, 15) is 9.59 Å². The van der Waals surface area contributed by atoms with Gasteiger partial charge in [-0.05, 0) is 44.2 Å². The van der Waals surface area contributed by atoms with Crippen LogP contribution in [0.1, 0.15) is 47.7 Å². The minimum absolute atomic E-state index is 0. The highest BCUT2D eigenvalue weighted by Gasteiger charge is 2.26. The number of aromatic nitrogens is 3. The van der Waals surface area contributed by atoms with Crippen LogP contribution in [0.25, 0.3) is 11.3 Å². The predicted octanol–water partition coefficient (Wildman–Crippen LogP) is 2.93. The van der Waals surface area contributed by atoms with Crippen LogP contribution in [0, 0.1) is 0 Å². The van der Waals surface area contributed by atoms with E-state index in [1.807, 2.05) is 48.5 Å². The van der Waals surface area contributed by atoms with Crippen molar-refractivity contribution in [2.45, 2.75) is 39.9 Å². The van der Waals surface area contributed by atoms with Gasteiger partial charge in [-0.15, -0.1) is 0 Å². The molecule has 0 radical (unpaired) electrons. The zero-order chi connectivity index (χ0) is 23.1. The van der Waals surface area contributed by atoms with Gasteiger partial charge in [-0.1, -0.05) is 7.43 Å². The van der Waals surface area contributed by atoms with Crippen molar-refractivity contribution in [2.75, 3.05) is 18.4 Å². The minimum Gasteiger partial charge on any atom is -0.347 e. The van der Waals surface area contributed by atoms with Gasteiger partial charge < -0.3 is 25.4 Å². The van der Waals surface area contributed by atoms with Crippen LogP contribution in [0.15, 0.2) is 42.7 Å². The Bertz CT molecular complexity index is 1210. The topological polar surface area (TPSA) is 104 Å². The van der Waals surface area contributed by atoms with Crippen LogP contribution in [0.3, 0.4) is 0 Å². The lowest BCUT2D eigenvalue weighted by atomic mass is 10.1. The third kappa shape index (κ3) is 4.38. The number of amides is 2. The number of anilines is 2. The van der Waals surface area contributed by atoms with Gasteiger partial charge in [-0.3, -0.25) is 9.59 Å². The Morgan fingerprint density at radius 2 is 1.82 bits per heavy atom. The zero-order valence-electron chi connectivity index (χ0n) is 18.9. The summed E-state index contributed by atoms with van der Waals surface area (Å²) in [5, 5.41) is 9.56. The molecule has 0 aliphatic carbocycles. The summed E-state index contributed by atoms with van der Waals surface area (Å²) in [6.07, 6.45) is 3.59. The molecule has 0 spiro atoms. The number of fused-ring (bicyclic) bond motifs is 3. The molecule has 2 aliphatic heterocycles. The van der Waals surface area contributed by atoms with Crippen molar-refractivity contribution in [1.82, 2.24) is 30.1 Å². The van der Waals surface area contributed by atoms with E-state index >= 15 is 0 Å².